The van der Waals surface area contributed by atoms with Gasteiger partial charge in [0.15, 0.2) is 0 Å². The van der Waals surface area contributed by atoms with Crippen LogP contribution in [0, 0.1) is 0 Å². The lowest BCUT2D eigenvalue weighted by molar-refractivity contribution is -0.119. The third-order valence-electron chi connectivity index (χ3n) is 2.40. The maximum absolute atomic E-state index is 11.6. The summed E-state index contributed by atoms with van der Waals surface area (Å²) < 4.78 is 0.896. The molecule has 0 bridgehead atoms. The summed E-state index contributed by atoms with van der Waals surface area (Å²) >= 11 is 3.32. The van der Waals surface area contributed by atoms with Crippen molar-refractivity contribution in [3.05, 3.63) is 28.7 Å². The molecule has 3 N–H and O–H groups in total. The van der Waals surface area contributed by atoms with Gasteiger partial charge in [-0.1, -0.05) is 22.0 Å². The highest BCUT2D eigenvalue weighted by atomic mass is 79.9. The number of carbonyl (C=O) groups excluding carboxylic acids is 2. The Morgan fingerprint density at radius 2 is 2.29 bits per heavy atom. The summed E-state index contributed by atoms with van der Waals surface area (Å²) in [4.78, 5) is 22.6. The van der Waals surface area contributed by atoms with E-state index >= 15 is 0 Å². The first kappa shape index (κ1) is 11.9. The van der Waals surface area contributed by atoms with E-state index in [1.54, 1.807) is 12.1 Å². The quantitative estimate of drug-likeness (QED) is 0.773. The van der Waals surface area contributed by atoms with Crippen LogP contribution in [0.4, 0.5) is 10.5 Å². The molecule has 0 aliphatic carbocycles. The maximum atomic E-state index is 11.6. The van der Waals surface area contributed by atoms with E-state index in [0.717, 1.165) is 4.47 Å². The molecule has 90 valence electrons. The summed E-state index contributed by atoms with van der Waals surface area (Å²) in [7, 11) is 0. The number of rotatable bonds is 2. The minimum absolute atomic E-state index is 0.0299. The van der Waals surface area contributed by atoms with Crippen molar-refractivity contribution in [3.8, 4) is 0 Å². The molecule has 0 radical (unpaired) electrons. The first-order chi connectivity index (χ1) is 8.13. The molecule has 3 amide bonds. The lowest BCUT2D eigenvalue weighted by atomic mass is 10.2. The van der Waals surface area contributed by atoms with Crippen molar-refractivity contribution in [1.29, 1.82) is 0 Å². The van der Waals surface area contributed by atoms with Gasteiger partial charge < -0.3 is 16.0 Å². The molecular weight excluding hydrogens is 286 g/mol. The minimum Gasteiger partial charge on any atom is -0.354 e. The van der Waals surface area contributed by atoms with E-state index in [1.807, 2.05) is 12.1 Å². The standard InChI is InChI=1S/C11H12BrN3O2/c12-7-2-1-3-8(4-7)14-11(17)15-9-5-10(16)13-6-9/h1-4,9H,5-6H2,(H,13,16)(H2,14,15,17)/t9-/m0/s1. The van der Waals surface area contributed by atoms with Gasteiger partial charge >= 0.3 is 6.03 Å². The third kappa shape index (κ3) is 3.45. The highest BCUT2D eigenvalue weighted by Crippen LogP contribution is 2.15. The molecule has 1 aromatic carbocycles. The Balaban J connectivity index is 1.87. The van der Waals surface area contributed by atoms with E-state index in [0.29, 0.717) is 18.7 Å². The predicted molar refractivity (Wildman–Crippen MR) is 67.7 cm³/mol. The second-order valence-electron chi connectivity index (χ2n) is 3.81. The van der Waals surface area contributed by atoms with Gasteiger partial charge in [0, 0.05) is 23.1 Å². The van der Waals surface area contributed by atoms with E-state index in [1.165, 1.54) is 0 Å². The number of hydrogen-bond donors (Lipinski definition) is 3. The van der Waals surface area contributed by atoms with Crippen molar-refractivity contribution >= 4 is 33.6 Å². The van der Waals surface area contributed by atoms with Gasteiger partial charge in [0.05, 0.1) is 6.04 Å². The molecule has 0 unspecified atom stereocenters. The van der Waals surface area contributed by atoms with Crippen LogP contribution in [-0.4, -0.2) is 24.5 Å². The molecule has 1 saturated heterocycles. The lowest BCUT2D eigenvalue weighted by Gasteiger charge is -2.11. The number of benzene rings is 1. The Kier molecular flexibility index (Phi) is 3.63. The van der Waals surface area contributed by atoms with E-state index in [4.69, 9.17) is 0 Å². The molecule has 1 aromatic rings. The molecular formula is C11H12BrN3O2. The summed E-state index contributed by atoms with van der Waals surface area (Å²) in [6.45, 7) is 0.491. The van der Waals surface area contributed by atoms with Crippen LogP contribution in [0.2, 0.25) is 0 Å². The highest BCUT2D eigenvalue weighted by molar-refractivity contribution is 9.10. The van der Waals surface area contributed by atoms with Crippen LogP contribution >= 0.6 is 15.9 Å². The molecule has 0 saturated carbocycles. The van der Waals surface area contributed by atoms with Crippen molar-refractivity contribution in [2.45, 2.75) is 12.5 Å². The number of urea groups is 1. The van der Waals surface area contributed by atoms with Gasteiger partial charge in [0.25, 0.3) is 0 Å². The maximum Gasteiger partial charge on any atom is 0.319 e. The molecule has 0 aromatic heterocycles. The number of anilines is 1. The lowest BCUT2D eigenvalue weighted by Crippen LogP contribution is -2.39. The molecule has 5 nitrogen and oxygen atoms in total. The minimum atomic E-state index is -0.301. The molecule has 1 atom stereocenters. The number of hydrogen-bond acceptors (Lipinski definition) is 2. The normalized spacial score (nSPS) is 18.6. The van der Waals surface area contributed by atoms with E-state index < -0.39 is 0 Å². The molecule has 1 aliphatic heterocycles. The second kappa shape index (κ2) is 5.18. The topological polar surface area (TPSA) is 70.2 Å². The van der Waals surface area contributed by atoms with Crippen molar-refractivity contribution in [1.82, 2.24) is 10.6 Å². The fraction of sp³-hybridized carbons (Fsp3) is 0.273. The van der Waals surface area contributed by atoms with Crippen molar-refractivity contribution in [3.63, 3.8) is 0 Å². The molecule has 2 rings (SSSR count). The smallest absolute Gasteiger partial charge is 0.319 e. The Morgan fingerprint density at radius 3 is 2.94 bits per heavy atom. The summed E-state index contributed by atoms with van der Waals surface area (Å²) in [5, 5.41) is 8.09. The number of halogens is 1. The number of carbonyl (C=O) groups is 2. The van der Waals surface area contributed by atoms with Crippen LogP contribution in [0.1, 0.15) is 6.42 Å². The van der Waals surface area contributed by atoms with Crippen LogP contribution in [0.3, 0.4) is 0 Å². The van der Waals surface area contributed by atoms with Gasteiger partial charge in [-0.3, -0.25) is 4.79 Å². The molecule has 6 heteroatoms. The SMILES string of the molecule is O=C1C[C@H](NC(=O)Nc2cccc(Br)c2)CN1. The molecule has 17 heavy (non-hydrogen) atoms. The van der Waals surface area contributed by atoms with Crippen LogP contribution in [-0.2, 0) is 4.79 Å². The zero-order chi connectivity index (χ0) is 12.3. The zero-order valence-corrected chi connectivity index (χ0v) is 10.6. The van der Waals surface area contributed by atoms with Gasteiger partial charge in [-0.05, 0) is 18.2 Å². The van der Waals surface area contributed by atoms with E-state index in [9.17, 15) is 9.59 Å². The molecule has 1 aliphatic rings. The summed E-state index contributed by atoms with van der Waals surface area (Å²) in [5.74, 6) is -0.0299. The monoisotopic (exact) mass is 297 g/mol. The van der Waals surface area contributed by atoms with Crippen molar-refractivity contribution in [2.75, 3.05) is 11.9 Å². The van der Waals surface area contributed by atoms with Gasteiger partial charge in [0.2, 0.25) is 5.91 Å². The fourth-order valence-electron chi connectivity index (χ4n) is 1.63. The van der Waals surface area contributed by atoms with Gasteiger partial charge in [-0.2, -0.15) is 0 Å². The van der Waals surface area contributed by atoms with Gasteiger partial charge in [-0.15, -0.1) is 0 Å². The fourth-order valence-corrected chi connectivity index (χ4v) is 2.03. The van der Waals surface area contributed by atoms with Crippen molar-refractivity contribution < 1.29 is 9.59 Å². The van der Waals surface area contributed by atoms with Crippen LogP contribution < -0.4 is 16.0 Å². The Hall–Kier alpha value is -1.56. The first-order valence-corrected chi connectivity index (χ1v) is 6.02. The van der Waals surface area contributed by atoms with Gasteiger partial charge in [0.1, 0.15) is 0 Å². The Bertz CT molecular complexity index is 450. The number of nitrogens with one attached hydrogen (secondary N) is 3. The van der Waals surface area contributed by atoms with E-state index in [-0.39, 0.29) is 18.0 Å². The second-order valence-corrected chi connectivity index (χ2v) is 4.73. The molecule has 1 fully saturated rings. The van der Waals surface area contributed by atoms with Crippen LogP contribution in [0.15, 0.2) is 28.7 Å². The Labute approximate surface area is 107 Å². The average molecular weight is 298 g/mol. The van der Waals surface area contributed by atoms with Gasteiger partial charge in [-0.25, -0.2) is 4.79 Å². The zero-order valence-electron chi connectivity index (χ0n) is 9.00. The largest absolute Gasteiger partial charge is 0.354 e. The van der Waals surface area contributed by atoms with Crippen LogP contribution in [0.5, 0.6) is 0 Å². The Morgan fingerprint density at radius 1 is 1.47 bits per heavy atom. The third-order valence-corrected chi connectivity index (χ3v) is 2.89. The highest BCUT2D eigenvalue weighted by Gasteiger charge is 2.22. The van der Waals surface area contributed by atoms with Crippen LogP contribution in [0.25, 0.3) is 0 Å². The number of amides is 3. The average Bonchev–Trinajstić information content (AvgIpc) is 2.63. The van der Waals surface area contributed by atoms with Crippen molar-refractivity contribution in [2.24, 2.45) is 0 Å². The molecule has 0 spiro atoms. The predicted octanol–water partition coefficient (Wildman–Crippen LogP) is 1.46. The summed E-state index contributed by atoms with van der Waals surface area (Å²) in [5.41, 5.74) is 0.703. The summed E-state index contributed by atoms with van der Waals surface area (Å²) in [6, 6.07) is 6.88. The van der Waals surface area contributed by atoms with E-state index in [2.05, 4.69) is 31.9 Å². The first-order valence-electron chi connectivity index (χ1n) is 5.23. The summed E-state index contributed by atoms with van der Waals surface area (Å²) in [6.07, 6.45) is 0.339. The molecule has 1 heterocycles.